The Morgan fingerprint density at radius 1 is 0.824 bits per heavy atom. The van der Waals surface area contributed by atoms with E-state index < -0.39 is 14.0 Å². The van der Waals surface area contributed by atoms with Crippen molar-refractivity contribution in [1.82, 2.24) is 0 Å². The van der Waals surface area contributed by atoms with E-state index in [2.05, 4.69) is 15.1 Å². The molecule has 0 heterocycles. The van der Waals surface area contributed by atoms with E-state index in [9.17, 15) is 4.57 Å². The van der Waals surface area contributed by atoms with Crippen molar-refractivity contribution in [2.45, 2.75) is 27.7 Å². The molecule has 0 spiro atoms. The molecule has 104 valence electrons. The zero-order valence-corrected chi connectivity index (χ0v) is 14.1. The normalized spacial score (nSPS) is 12.9. The van der Waals surface area contributed by atoms with Crippen LogP contribution in [-0.2, 0) is 27.0 Å². The molecule has 0 N–H and O–H groups in total. The third-order valence-electron chi connectivity index (χ3n) is 1.35. The van der Waals surface area contributed by atoms with Gasteiger partial charge in [-0.05, 0) is 0 Å². The maximum atomic E-state index is 12.2. The van der Waals surface area contributed by atoms with E-state index in [0.29, 0.717) is 13.2 Å². The van der Waals surface area contributed by atoms with Crippen LogP contribution in [0.2, 0.25) is 0 Å². The van der Waals surface area contributed by atoms with Gasteiger partial charge in [0.25, 0.3) is 0 Å². The molecule has 0 rings (SSSR count). The van der Waals surface area contributed by atoms with Crippen LogP contribution in [0, 0.1) is 0 Å². The van der Waals surface area contributed by atoms with Gasteiger partial charge < -0.3 is 0 Å². The monoisotopic (exact) mass is 354 g/mol. The Morgan fingerprint density at radius 3 is 1.47 bits per heavy atom. The number of rotatable bonds is 10. The molecule has 0 saturated carbocycles. The first-order chi connectivity index (χ1) is 7.95. The van der Waals surface area contributed by atoms with Crippen LogP contribution in [0.5, 0.6) is 0 Å². The number of phosphoric acid groups is 1. The van der Waals surface area contributed by atoms with Crippen LogP contribution in [-0.4, -0.2) is 41.5 Å². The summed E-state index contributed by atoms with van der Waals surface area (Å²) in [5, 5.41) is 0. The van der Waals surface area contributed by atoms with Crippen LogP contribution in [0.1, 0.15) is 27.7 Å². The van der Waals surface area contributed by atoms with E-state index in [1.165, 1.54) is 0 Å². The van der Waals surface area contributed by atoms with Gasteiger partial charge in [-0.25, -0.2) is 0 Å². The molecule has 0 aliphatic heterocycles. The van der Waals surface area contributed by atoms with Crippen LogP contribution in [0.4, 0.5) is 0 Å². The summed E-state index contributed by atoms with van der Waals surface area (Å²) in [4.78, 5) is 0. The summed E-state index contributed by atoms with van der Waals surface area (Å²) in [6.07, 6.45) is -2.79. The molecule has 9 heteroatoms. The van der Waals surface area contributed by atoms with Crippen LogP contribution >= 0.6 is 14.0 Å². The Morgan fingerprint density at radius 2 is 1.18 bits per heavy atom. The number of hydrogen-bond acceptors (Lipinski definition) is 6. The molecule has 0 aliphatic rings. The molecule has 6 nitrogen and oxygen atoms in total. The van der Waals surface area contributed by atoms with Crippen LogP contribution < -0.4 is 0 Å². The molecule has 0 unspecified atom stereocenters. The molecular weight excluding hydrogens is 333 g/mol. The number of phosphoric ester groups is 1. The standard InChI is InChI=1S/C8H20O6P2Se/c1-5-10-15(9,11-6-2)14-16(17,12-7-3)13-8-4/h5-8H2,1-4H3. The van der Waals surface area contributed by atoms with E-state index in [0.717, 1.165) is 0 Å². The molecule has 0 amide bonds. The predicted molar refractivity (Wildman–Crippen MR) is 67.9 cm³/mol. The van der Waals surface area contributed by atoms with Crippen molar-refractivity contribution in [2.24, 2.45) is 0 Å². The third-order valence-corrected chi connectivity index (χ3v) is 7.83. The first-order valence-corrected chi connectivity index (χ1v) is 10.7. The molecule has 17 heavy (non-hydrogen) atoms. The van der Waals surface area contributed by atoms with E-state index in [1.54, 1.807) is 27.7 Å². The van der Waals surface area contributed by atoms with Gasteiger partial charge in [0.1, 0.15) is 0 Å². The van der Waals surface area contributed by atoms with Crippen molar-refractivity contribution in [2.75, 3.05) is 26.4 Å². The fourth-order valence-corrected chi connectivity index (χ4v) is 6.94. The molecule has 0 aromatic rings. The quantitative estimate of drug-likeness (QED) is 0.444. The first kappa shape index (κ1) is 18.0. The Balaban J connectivity index is 4.79. The van der Waals surface area contributed by atoms with Crippen LogP contribution in [0.25, 0.3) is 0 Å². The SMILES string of the molecule is CCOP(=O)(OCC)OP(=[Se])(OCC)OCC. The minimum absolute atomic E-state index is 0.218. The molecule has 0 aromatic heterocycles. The van der Waals surface area contributed by atoms with Crippen molar-refractivity contribution in [1.29, 1.82) is 0 Å². The zero-order valence-electron chi connectivity index (χ0n) is 10.6. The summed E-state index contributed by atoms with van der Waals surface area (Å²) in [7, 11) is -3.63. The summed E-state index contributed by atoms with van der Waals surface area (Å²) < 4.78 is 38.2. The van der Waals surface area contributed by atoms with Gasteiger partial charge in [0.15, 0.2) is 0 Å². The topological polar surface area (TPSA) is 63.2 Å². The second-order valence-electron chi connectivity index (χ2n) is 2.65. The average molecular weight is 353 g/mol. The van der Waals surface area contributed by atoms with Crippen LogP contribution in [0.3, 0.4) is 0 Å². The average Bonchev–Trinajstić information content (AvgIpc) is 2.17. The number of hydrogen-bond donors (Lipinski definition) is 0. The Kier molecular flexibility index (Phi) is 9.49. The molecular formula is C8H20O6P2Se. The van der Waals surface area contributed by atoms with Crippen molar-refractivity contribution >= 4 is 29.1 Å². The van der Waals surface area contributed by atoms with Gasteiger partial charge in [0, 0.05) is 0 Å². The Labute approximate surface area is 110 Å². The molecule has 0 radical (unpaired) electrons. The zero-order chi connectivity index (χ0) is 13.4. The molecule has 0 aliphatic carbocycles. The van der Waals surface area contributed by atoms with Gasteiger partial charge in [-0.2, -0.15) is 0 Å². The van der Waals surface area contributed by atoms with Gasteiger partial charge in [0.2, 0.25) is 0 Å². The minimum atomic E-state index is -3.63. The second kappa shape index (κ2) is 8.97. The van der Waals surface area contributed by atoms with E-state index in [1.807, 2.05) is 0 Å². The molecule has 0 fully saturated rings. The Bertz CT molecular complexity index is 250. The fraction of sp³-hybridized carbons (Fsp3) is 1.00. The molecule has 0 saturated heterocycles. The summed E-state index contributed by atoms with van der Waals surface area (Å²) in [6.45, 7) is 8.18. The van der Waals surface area contributed by atoms with Crippen LogP contribution in [0.15, 0.2) is 0 Å². The van der Waals surface area contributed by atoms with Gasteiger partial charge in [0.05, 0.1) is 0 Å². The van der Waals surface area contributed by atoms with Gasteiger partial charge in [-0.3, -0.25) is 0 Å². The van der Waals surface area contributed by atoms with E-state index in [4.69, 9.17) is 22.4 Å². The van der Waals surface area contributed by atoms with Crippen molar-refractivity contribution in [3.8, 4) is 0 Å². The summed E-state index contributed by atoms with van der Waals surface area (Å²) in [5.74, 6) is 0. The first-order valence-electron chi connectivity index (χ1n) is 5.44. The van der Waals surface area contributed by atoms with Gasteiger partial charge in [-0.1, -0.05) is 0 Å². The third kappa shape index (κ3) is 7.22. The maximum absolute atomic E-state index is 12.2. The Hall–Kier alpha value is 0.979. The van der Waals surface area contributed by atoms with E-state index in [-0.39, 0.29) is 13.2 Å². The summed E-state index contributed by atoms with van der Waals surface area (Å²) >= 11 is 2.68. The van der Waals surface area contributed by atoms with Gasteiger partial charge in [-0.15, -0.1) is 0 Å². The van der Waals surface area contributed by atoms with E-state index >= 15 is 0 Å². The summed E-state index contributed by atoms with van der Waals surface area (Å²) in [6, 6.07) is 0. The second-order valence-corrected chi connectivity index (χ2v) is 8.94. The predicted octanol–water partition coefficient (Wildman–Crippen LogP) is 3.10. The van der Waals surface area contributed by atoms with Crippen molar-refractivity contribution in [3.63, 3.8) is 0 Å². The summed E-state index contributed by atoms with van der Waals surface area (Å²) in [5.41, 5.74) is 0. The fourth-order valence-electron chi connectivity index (χ4n) is 0.924. The van der Waals surface area contributed by atoms with Crippen molar-refractivity contribution in [3.05, 3.63) is 0 Å². The molecule has 0 aromatic carbocycles. The van der Waals surface area contributed by atoms with Crippen molar-refractivity contribution < 1.29 is 27.0 Å². The van der Waals surface area contributed by atoms with Gasteiger partial charge >= 0.3 is 110 Å². The molecule has 0 atom stereocenters. The molecule has 0 bridgehead atoms.